The van der Waals surface area contributed by atoms with Crippen LogP contribution < -0.4 is 4.74 Å². The van der Waals surface area contributed by atoms with E-state index in [9.17, 15) is 4.39 Å². The van der Waals surface area contributed by atoms with Crippen molar-refractivity contribution >= 4 is 23.5 Å². The lowest BCUT2D eigenvalue weighted by molar-refractivity contribution is 0.306. The molecule has 26 heavy (non-hydrogen) atoms. The molecule has 3 rings (SSSR count). The summed E-state index contributed by atoms with van der Waals surface area (Å²) in [4.78, 5) is 4.53. The average molecular weight is 368 g/mol. The molecule has 132 valence electrons. The van der Waals surface area contributed by atoms with Crippen LogP contribution in [0.1, 0.15) is 22.3 Å². The summed E-state index contributed by atoms with van der Waals surface area (Å²) in [7, 11) is 0. The van der Waals surface area contributed by atoms with Crippen LogP contribution in [-0.2, 0) is 6.61 Å². The molecule has 0 saturated carbocycles. The zero-order chi connectivity index (χ0) is 18.5. The van der Waals surface area contributed by atoms with Gasteiger partial charge in [-0.2, -0.15) is 0 Å². The Morgan fingerprint density at radius 3 is 2.62 bits per heavy atom. The molecular formula is C22H19ClFNO. The summed E-state index contributed by atoms with van der Waals surface area (Å²) in [6.45, 7) is 4.35. The summed E-state index contributed by atoms with van der Waals surface area (Å²) >= 11 is 6.30. The molecule has 0 amide bonds. The van der Waals surface area contributed by atoms with Crippen LogP contribution in [0.2, 0.25) is 5.02 Å². The third-order valence-electron chi connectivity index (χ3n) is 3.94. The maximum absolute atomic E-state index is 13.2. The monoisotopic (exact) mass is 367 g/mol. The maximum Gasteiger partial charge on any atom is 0.138 e. The van der Waals surface area contributed by atoms with Crippen molar-refractivity contribution in [2.24, 2.45) is 4.99 Å². The Hall–Kier alpha value is -2.65. The van der Waals surface area contributed by atoms with Crippen molar-refractivity contribution in [2.75, 3.05) is 0 Å². The number of rotatable bonds is 5. The number of benzene rings is 3. The second kappa shape index (κ2) is 8.15. The minimum absolute atomic E-state index is 0.257. The molecule has 0 bridgehead atoms. The Labute approximate surface area is 157 Å². The summed E-state index contributed by atoms with van der Waals surface area (Å²) < 4.78 is 18.9. The number of hydrogen-bond donors (Lipinski definition) is 0. The molecule has 0 atom stereocenters. The van der Waals surface area contributed by atoms with E-state index in [1.54, 1.807) is 24.4 Å². The van der Waals surface area contributed by atoms with Crippen LogP contribution in [0.25, 0.3) is 0 Å². The van der Waals surface area contributed by atoms with Gasteiger partial charge in [0.15, 0.2) is 0 Å². The summed E-state index contributed by atoms with van der Waals surface area (Å²) in [5.74, 6) is 0.273. The molecule has 0 N–H and O–H groups in total. The first-order valence-electron chi connectivity index (χ1n) is 8.29. The molecule has 0 spiro atoms. The summed E-state index contributed by atoms with van der Waals surface area (Å²) in [6, 6.07) is 17.9. The highest BCUT2D eigenvalue weighted by molar-refractivity contribution is 6.32. The Bertz CT molecular complexity index is 953. The second-order valence-electron chi connectivity index (χ2n) is 6.16. The first kappa shape index (κ1) is 18.2. The molecule has 3 aromatic rings. The third-order valence-corrected chi connectivity index (χ3v) is 4.24. The molecule has 2 nitrogen and oxygen atoms in total. The fourth-order valence-corrected chi connectivity index (χ4v) is 2.84. The highest BCUT2D eigenvalue weighted by atomic mass is 35.5. The topological polar surface area (TPSA) is 21.6 Å². The van der Waals surface area contributed by atoms with Crippen LogP contribution in [-0.4, -0.2) is 6.21 Å². The minimum Gasteiger partial charge on any atom is -0.487 e. The normalized spacial score (nSPS) is 11.1. The van der Waals surface area contributed by atoms with Gasteiger partial charge in [-0.15, -0.1) is 0 Å². The van der Waals surface area contributed by atoms with Gasteiger partial charge in [-0.1, -0.05) is 41.4 Å². The molecule has 0 aliphatic carbocycles. The van der Waals surface area contributed by atoms with Crippen molar-refractivity contribution in [3.8, 4) is 5.75 Å². The minimum atomic E-state index is -0.282. The molecule has 0 heterocycles. The lowest BCUT2D eigenvalue weighted by atomic mass is 10.1. The molecule has 0 aliphatic rings. The SMILES string of the molecule is Cc1ccc(N=Cc2ccc(OCc3cccc(F)c3)c(Cl)c2)c(C)c1. The van der Waals surface area contributed by atoms with E-state index >= 15 is 0 Å². The number of halogens is 2. The van der Waals surface area contributed by atoms with Crippen LogP contribution >= 0.6 is 11.6 Å². The van der Waals surface area contributed by atoms with Crippen molar-refractivity contribution in [2.45, 2.75) is 20.5 Å². The van der Waals surface area contributed by atoms with Crippen molar-refractivity contribution < 1.29 is 9.13 Å². The van der Waals surface area contributed by atoms with Crippen LogP contribution in [0.5, 0.6) is 5.75 Å². The maximum atomic E-state index is 13.2. The Morgan fingerprint density at radius 2 is 1.88 bits per heavy atom. The quantitative estimate of drug-likeness (QED) is 0.476. The summed E-state index contributed by atoms with van der Waals surface area (Å²) in [5, 5.41) is 0.492. The van der Waals surface area contributed by atoms with Gasteiger partial charge in [-0.3, -0.25) is 4.99 Å². The molecule has 3 aromatic carbocycles. The molecule has 0 fully saturated rings. The fraction of sp³-hybridized carbons (Fsp3) is 0.136. The molecular weight excluding hydrogens is 349 g/mol. The van der Waals surface area contributed by atoms with E-state index in [0.717, 1.165) is 22.4 Å². The third kappa shape index (κ3) is 4.70. The van der Waals surface area contributed by atoms with E-state index in [0.29, 0.717) is 10.8 Å². The van der Waals surface area contributed by atoms with Gasteiger partial charge in [0, 0.05) is 6.21 Å². The molecule has 0 aromatic heterocycles. The van der Waals surface area contributed by atoms with Gasteiger partial charge >= 0.3 is 0 Å². The molecule has 4 heteroatoms. The van der Waals surface area contributed by atoms with Gasteiger partial charge in [0.1, 0.15) is 18.2 Å². The smallest absolute Gasteiger partial charge is 0.138 e. The standard InChI is InChI=1S/C22H19ClFNO/c1-15-6-8-21(16(2)10-15)25-13-17-7-9-22(20(23)12-17)26-14-18-4-3-5-19(24)11-18/h3-13H,14H2,1-2H3. The van der Waals surface area contributed by atoms with Crippen molar-refractivity contribution in [3.63, 3.8) is 0 Å². The van der Waals surface area contributed by atoms with Gasteiger partial charge in [-0.05, 0) is 66.9 Å². The van der Waals surface area contributed by atoms with E-state index in [4.69, 9.17) is 16.3 Å². The van der Waals surface area contributed by atoms with E-state index in [1.165, 1.54) is 17.7 Å². The van der Waals surface area contributed by atoms with Gasteiger partial charge in [0.25, 0.3) is 0 Å². The van der Waals surface area contributed by atoms with E-state index in [2.05, 4.69) is 18.0 Å². The number of aliphatic imine (C=N–C) groups is 1. The average Bonchev–Trinajstić information content (AvgIpc) is 2.60. The van der Waals surface area contributed by atoms with Gasteiger partial charge < -0.3 is 4.74 Å². The summed E-state index contributed by atoms with van der Waals surface area (Å²) in [6.07, 6.45) is 1.78. The number of nitrogens with zero attached hydrogens (tertiary/aromatic N) is 1. The lowest BCUT2D eigenvalue weighted by Gasteiger charge is -2.09. The van der Waals surface area contributed by atoms with Crippen molar-refractivity contribution in [3.05, 3.63) is 93.8 Å². The predicted molar refractivity (Wildman–Crippen MR) is 105 cm³/mol. The molecule has 0 unspecified atom stereocenters. The largest absolute Gasteiger partial charge is 0.487 e. The Kier molecular flexibility index (Phi) is 5.69. The van der Waals surface area contributed by atoms with Crippen molar-refractivity contribution in [1.82, 2.24) is 0 Å². The van der Waals surface area contributed by atoms with E-state index < -0.39 is 0 Å². The first-order valence-corrected chi connectivity index (χ1v) is 8.67. The number of ether oxygens (including phenoxy) is 1. The Balaban J connectivity index is 1.70. The molecule has 0 saturated heterocycles. The molecule has 0 aliphatic heterocycles. The fourth-order valence-electron chi connectivity index (χ4n) is 2.60. The van der Waals surface area contributed by atoms with E-state index in [-0.39, 0.29) is 12.4 Å². The van der Waals surface area contributed by atoms with Crippen LogP contribution in [0.3, 0.4) is 0 Å². The number of hydrogen-bond acceptors (Lipinski definition) is 2. The highest BCUT2D eigenvalue weighted by Gasteiger charge is 2.04. The summed E-state index contributed by atoms with van der Waals surface area (Å²) in [5.41, 5.74) is 4.90. The van der Waals surface area contributed by atoms with Crippen molar-refractivity contribution in [1.29, 1.82) is 0 Å². The Morgan fingerprint density at radius 1 is 1.04 bits per heavy atom. The van der Waals surface area contributed by atoms with Gasteiger partial charge in [0.05, 0.1) is 10.7 Å². The van der Waals surface area contributed by atoms with Gasteiger partial charge in [-0.25, -0.2) is 4.39 Å². The molecule has 0 radical (unpaired) electrons. The van der Waals surface area contributed by atoms with Crippen LogP contribution in [0.15, 0.2) is 65.7 Å². The zero-order valence-corrected chi connectivity index (χ0v) is 15.4. The van der Waals surface area contributed by atoms with E-state index in [1.807, 2.05) is 31.2 Å². The second-order valence-corrected chi connectivity index (χ2v) is 6.56. The zero-order valence-electron chi connectivity index (χ0n) is 14.7. The highest BCUT2D eigenvalue weighted by Crippen LogP contribution is 2.26. The first-order chi connectivity index (χ1) is 12.5. The van der Waals surface area contributed by atoms with Gasteiger partial charge in [0.2, 0.25) is 0 Å². The lowest BCUT2D eigenvalue weighted by Crippen LogP contribution is -1.97. The van der Waals surface area contributed by atoms with Crippen LogP contribution in [0.4, 0.5) is 10.1 Å². The number of aryl methyl sites for hydroxylation is 2. The predicted octanol–water partition coefficient (Wildman–Crippen LogP) is 6.43. The van der Waals surface area contributed by atoms with Crippen LogP contribution in [0, 0.1) is 19.7 Å².